The van der Waals surface area contributed by atoms with Gasteiger partial charge in [-0.25, -0.2) is 4.39 Å². The van der Waals surface area contributed by atoms with Crippen LogP contribution >= 0.6 is 11.8 Å². The highest BCUT2D eigenvalue weighted by Gasteiger charge is 2.20. The lowest BCUT2D eigenvalue weighted by molar-refractivity contribution is 0.193. The fraction of sp³-hybridized carbons (Fsp3) is 0.500. The third-order valence-corrected chi connectivity index (χ3v) is 3.14. The summed E-state index contributed by atoms with van der Waals surface area (Å²) < 4.78 is 24.3. The molecular formula is C12H17FO3S. The Morgan fingerprint density at radius 3 is 2.35 bits per heavy atom. The van der Waals surface area contributed by atoms with E-state index < -0.39 is 6.10 Å². The van der Waals surface area contributed by atoms with E-state index in [0.29, 0.717) is 28.4 Å². The quantitative estimate of drug-likeness (QED) is 0.826. The number of aliphatic hydroxyl groups excluding tert-OH is 1. The fourth-order valence-corrected chi connectivity index (χ4v) is 2.33. The van der Waals surface area contributed by atoms with Gasteiger partial charge < -0.3 is 14.6 Å². The molecule has 0 aliphatic rings. The molecular weight excluding hydrogens is 243 g/mol. The molecule has 0 bridgehead atoms. The fourth-order valence-electron chi connectivity index (χ4n) is 1.71. The minimum atomic E-state index is -0.562. The molecule has 0 saturated carbocycles. The summed E-state index contributed by atoms with van der Waals surface area (Å²) in [6, 6.07) is 1.39. The van der Waals surface area contributed by atoms with Crippen molar-refractivity contribution in [2.45, 2.75) is 24.3 Å². The van der Waals surface area contributed by atoms with Gasteiger partial charge in [0.2, 0.25) is 0 Å². The molecule has 1 N–H and O–H groups in total. The lowest BCUT2D eigenvalue weighted by Gasteiger charge is -2.17. The van der Waals surface area contributed by atoms with Gasteiger partial charge in [0.15, 0.2) is 11.5 Å². The molecule has 0 radical (unpaired) electrons. The average molecular weight is 260 g/mol. The van der Waals surface area contributed by atoms with Gasteiger partial charge >= 0.3 is 0 Å². The molecule has 0 aliphatic carbocycles. The highest BCUT2D eigenvalue weighted by molar-refractivity contribution is 7.98. The first kappa shape index (κ1) is 14.1. The van der Waals surface area contributed by atoms with E-state index >= 15 is 0 Å². The van der Waals surface area contributed by atoms with Gasteiger partial charge in [0.05, 0.1) is 25.2 Å². The van der Waals surface area contributed by atoms with Crippen LogP contribution in [0.15, 0.2) is 11.0 Å². The summed E-state index contributed by atoms with van der Waals surface area (Å²) >= 11 is 1.26. The topological polar surface area (TPSA) is 38.7 Å². The van der Waals surface area contributed by atoms with Crippen LogP contribution in [0, 0.1) is 5.82 Å². The van der Waals surface area contributed by atoms with E-state index in [2.05, 4.69) is 0 Å². The molecule has 0 saturated heterocycles. The third-order valence-electron chi connectivity index (χ3n) is 2.35. The Kier molecular flexibility index (Phi) is 5.08. The van der Waals surface area contributed by atoms with E-state index in [9.17, 15) is 9.50 Å². The van der Waals surface area contributed by atoms with Gasteiger partial charge in [0.25, 0.3) is 0 Å². The Morgan fingerprint density at radius 1 is 1.35 bits per heavy atom. The predicted octanol–water partition coefficient (Wildman–Crippen LogP) is 2.49. The van der Waals surface area contributed by atoms with Crippen LogP contribution in [0.3, 0.4) is 0 Å². The molecule has 1 aromatic rings. The largest absolute Gasteiger partial charge is 0.493 e. The number of rotatable bonds is 5. The molecule has 0 fully saturated rings. The molecule has 96 valence electrons. The van der Waals surface area contributed by atoms with Crippen LogP contribution in [0.4, 0.5) is 4.39 Å². The number of benzene rings is 1. The monoisotopic (exact) mass is 260 g/mol. The molecule has 0 aromatic heterocycles. The summed E-state index contributed by atoms with van der Waals surface area (Å²) in [5, 5.41) is 9.38. The standard InChI is InChI=1S/C12H17FO3S/c1-7(14)5-8-6-9(13)12(17-4)11(16-3)10(8)15-2/h6-7,14H,5H2,1-4H3. The number of ether oxygens (including phenoxy) is 2. The zero-order valence-corrected chi connectivity index (χ0v) is 11.2. The first-order valence-electron chi connectivity index (χ1n) is 5.20. The minimum Gasteiger partial charge on any atom is -0.493 e. The maximum atomic E-state index is 13.8. The van der Waals surface area contributed by atoms with E-state index in [1.165, 1.54) is 32.0 Å². The summed E-state index contributed by atoms with van der Waals surface area (Å²) in [7, 11) is 2.98. The Bertz CT molecular complexity index is 394. The second-order valence-corrected chi connectivity index (χ2v) is 4.49. The van der Waals surface area contributed by atoms with Gasteiger partial charge in [-0.3, -0.25) is 0 Å². The predicted molar refractivity (Wildman–Crippen MR) is 66.7 cm³/mol. The van der Waals surface area contributed by atoms with Crippen molar-refractivity contribution in [1.29, 1.82) is 0 Å². The summed E-state index contributed by atoms with van der Waals surface area (Å²) in [5.74, 6) is 0.514. The van der Waals surface area contributed by atoms with Crippen molar-refractivity contribution in [2.75, 3.05) is 20.5 Å². The molecule has 1 rings (SSSR count). The van der Waals surface area contributed by atoms with Gasteiger partial charge in [-0.15, -0.1) is 11.8 Å². The summed E-state index contributed by atoms with van der Waals surface area (Å²) in [6.07, 6.45) is 1.54. The normalized spacial score (nSPS) is 12.4. The summed E-state index contributed by atoms with van der Waals surface area (Å²) in [5.41, 5.74) is 0.606. The highest BCUT2D eigenvalue weighted by atomic mass is 32.2. The number of aliphatic hydroxyl groups is 1. The van der Waals surface area contributed by atoms with Gasteiger partial charge in [-0.2, -0.15) is 0 Å². The van der Waals surface area contributed by atoms with E-state index in [1.807, 2.05) is 0 Å². The van der Waals surface area contributed by atoms with Gasteiger partial charge in [0, 0.05) is 12.0 Å². The maximum Gasteiger partial charge on any atom is 0.177 e. The van der Waals surface area contributed by atoms with Crippen molar-refractivity contribution in [3.8, 4) is 11.5 Å². The van der Waals surface area contributed by atoms with E-state index in [4.69, 9.17) is 9.47 Å². The number of hydrogen-bond acceptors (Lipinski definition) is 4. The maximum absolute atomic E-state index is 13.8. The highest BCUT2D eigenvalue weighted by Crippen LogP contribution is 2.41. The molecule has 0 amide bonds. The smallest absolute Gasteiger partial charge is 0.177 e. The molecule has 17 heavy (non-hydrogen) atoms. The number of halogens is 1. The van der Waals surface area contributed by atoms with Crippen molar-refractivity contribution < 1.29 is 19.0 Å². The molecule has 5 heteroatoms. The van der Waals surface area contributed by atoms with Crippen molar-refractivity contribution >= 4 is 11.8 Å². The van der Waals surface area contributed by atoms with Crippen molar-refractivity contribution in [1.82, 2.24) is 0 Å². The van der Waals surface area contributed by atoms with Gasteiger partial charge in [0.1, 0.15) is 5.82 Å². The zero-order chi connectivity index (χ0) is 13.0. The molecule has 0 aliphatic heterocycles. The second-order valence-electron chi connectivity index (χ2n) is 3.67. The second kappa shape index (κ2) is 6.12. The third kappa shape index (κ3) is 3.04. The lowest BCUT2D eigenvalue weighted by atomic mass is 10.1. The zero-order valence-electron chi connectivity index (χ0n) is 10.4. The number of thioether (sulfide) groups is 1. The molecule has 1 unspecified atom stereocenters. The minimum absolute atomic E-state index is 0.325. The first-order chi connectivity index (χ1) is 8.04. The number of hydrogen-bond donors (Lipinski definition) is 1. The van der Waals surface area contributed by atoms with Crippen LogP contribution in [0.1, 0.15) is 12.5 Å². The molecule has 1 aromatic carbocycles. The Balaban J connectivity index is 3.36. The Morgan fingerprint density at radius 2 is 1.94 bits per heavy atom. The van der Waals surface area contributed by atoms with Gasteiger partial charge in [-0.05, 0) is 19.2 Å². The van der Waals surface area contributed by atoms with Gasteiger partial charge in [-0.1, -0.05) is 0 Å². The number of methoxy groups -OCH3 is 2. The Hall–Kier alpha value is -0.940. The van der Waals surface area contributed by atoms with Crippen LogP contribution in [-0.4, -0.2) is 31.7 Å². The molecule has 3 nitrogen and oxygen atoms in total. The van der Waals surface area contributed by atoms with Crippen LogP contribution in [0.5, 0.6) is 11.5 Å². The van der Waals surface area contributed by atoms with Crippen molar-refractivity contribution in [3.05, 3.63) is 17.4 Å². The molecule has 0 heterocycles. The lowest BCUT2D eigenvalue weighted by Crippen LogP contribution is -2.08. The average Bonchev–Trinajstić information content (AvgIpc) is 2.27. The summed E-state index contributed by atoms with van der Waals surface area (Å²) in [6.45, 7) is 1.65. The molecule has 1 atom stereocenters. The van der Waals surface area contributed by atoms with E-state index in [1.54, 1.807) is 13.2 Å². The van der Waals surface area contributed by atoms with E-state index in [-0.39, 0.29) is 5.82 Å². The first-order valence-corrected chi connectivity index (χ1v) is 6.43. The SMILES string of the molecule is COc1c(CC(C)O)cc(F)c(SC)c1OC. The van der Waals surface area contributed by atoms with Crippen LogP contribution in [-0.2, 0) is 6.42 Å². The molecule has 0 spiro atoms. The van der Waals surface area contributed by atoms with Crippen molar-refractivity contribution in [3.63, 3.8) is 0 Å². The van der Waals surface area contributed by atoms with Crippen LogP contribution in [0.2, 0.25) is 0 Å². The Labute approximate surface area is 105 Å². The van der Waals surface area contributed by atoms with Crippen LogP contribution in [0.25, 0.3) is 0 Å². The van der Waals surface area contributed by atoms with E-state index in [0.717, 1.165) is 0 Å². The van der Waals surface area contributed by atoms with Crippen LogP contribution < -0.4 is 9.47 Å². The van der Waals surface area contributed by atoms with Crippen molar-refractivity contribution in [2.24, 2.45) is 0 Å². The summed E-state index contributed by atoms with van der Waals surface area (Å²) in [4.78, 5) is 0.415.